The van der Waals surface area contributed by atoms with Crippen LogP contribution in [-0.2, 0) is 9.53 Å². The molecule has 0 radical (unpaired) electrons. The third kappa shape index (κ3) is 5.17. The maximum atomic E-state index is 12.7. The smallest absolute Gasteiger partial charge is 0.306 e. The van der Waals surface area contributed by atoms with Gasteiger partial charge in [-0.3, -0.25) is 19.6 Å². The van der Waals surface area contributed by atoms with E-state index in [-0.39, 0.29) is 11.9 Å². The van der Waals surface area contributed by atoms with E-state index in [9.17, 15) is 9.59 Å². The summed E-state index contributed by atoms with van der Waals surface area (Å²) in [6, 6.07) is 17.1. The topological polar surface area (TPSA) is 119 Å². The van der Waals surface area contributed by atoms with Gasteiger partial charge in [-0.25, -0.2) is 4.98 Å². The van der Waals surface area contributed by atoms with Crippen LogP contribution in [0.25, 0.3) is 22.6 Å². The molecule has 1 saturated heterocycles. The predicted octanol–water partition coefficient (Wildman–Crippen LogP) is 2.89. The summed E-state index contributed by atoms with van der Waals surface area (Å²) in [6.45, 7) is 4.21. The number of para-hydroxylation sites is 2. The van der Waals surface area contributed by atoms with E-state index >= 15 is 0 Å². The van der Waals surface area contributed by atoms with Gasteiger partial charge in [0.25, 0.3) is 5.91 Å². The average molecular weight is 474 g/mol. The monoisotopic (exact) mass is 473 g/mol. The number of aromatic nitrogens is 4. The van der Waals surface area contributed by atoms with Gasteiger partial charge in [-0.15, -0.1) is 0 Å². The van der Waals surface area contributed by atoms with Crippen molar-refractivity contribution in [1.82, 2.24) is 25.1 Å². The van der Waals surface area contributed by atoms with E-state index in [0.29, 0.717) is 35.9 Å². The number of hydrogen-bond donors (Lipinski definition) is 3. The fourth-order valence-electron chi connectivity index (χ4n) is 4.18. The fourth-order valence-corrected chi connectivity index (χ4v) is 4.18. The van der Waals surface area contributed by atoms with Crippen molar-refractivity contribution in [1.29, 1.82) is 0 Å². The van der Waals surface area contributed by atoms with Gasteiger partial charge >= 0.3 is 5.97 Å². The van der Waals surface area contributed by atoms with Crippen LogP contribution in [-0.4, -0.2) is 76.8 Å². The number of nitrogens with one attached hydrogen (secondary N) is 3. The molecule has 1 amide bonds. The second-order valence-corrected chi connectivity index (χ2v) is 8.43. The minimum absolute atomic E-state index is 0.179. The molecule has 35 heavy (non-hydrogen) atoms. The summed E-state index contributed by atoms with van der Waals surface area (Å²) in [5, 5.41) is 9.95. The predicted molar refractivity (Wildman–Crippen MR) is 133 cm³/mol. The lowest BCUT2D eigenvalue weighted by molar-refractivity contribution is -0.141. The van der Waals surface area contributed by atoms with Gasteiger partial charge in [-0.2, -0.15) is 5.10 Å². The van der Waals surface area contributed by atoms with Crippen molar-refractivity contribution in [3.05, 3.63) is 60.2 Å². The van der Waals surface area contributed by atoms with Gasteiger partial charge in [0.1, 0.15) is 5.69 Å². The van der Waals surface area contributed by atoms with Gasteiger partial charge in [-0.05, 0) is 36.4 Å². The second-order valence-electron chi connectivity index (χ2n) is 8.43. The lowest BCUT2D eigenvalue weighted by Crippen LogP contribution is -2.47. The molecule has 10 nitrogen and oxygen atoms in total. The number of hydrogen-bond acceptors (Lipinski definition) is 7. The standard InChI is InChI=1S/C25H27N7O3/c1-35-23(33)10-11-31-12-14-32(15-13-31)18-8-6-17(7-9-18)25(34)28-22-16-21(29-30-22)24-26-19-4-2-3-5-20(19)27-24/h2-9,16H,10-15H2,1H3,(H,26,27)(H2,28,29,30,34). The van der Waals surface area contributed by atoms with E-state index in [1.54, 1.807) is 6.07 Å². The Morgan fingerprint density at radius 1 is 1.06 bits per heavy atom. The van der Waals surface area contributed by atoms with Crippen molar-refractivity contribution in [2.45, 2.75) is 6.42 Å². The van der Waals surface area contributed by atoms with Gasteiger partial charge in [0.2, 0.25) is 0 Å². The summed E-state index contributed by atoms with van der Waals surface area (Å²) < 4.78 is 4.71. The SMILES string of the molecule is COC(=O)CCN1CCN(c2ccc(C(=O)Nc3cc(-c4nc5ccccc5[nH]4)[nH]n3)cc2)CC1. The molecule has 10 heteroatoms. The van der Waals surface area contributed by atoms with Crippen LogP contribution < -0.4 is 10.2 Å². The maximum absolute atomic E-state index is 12.7. The van der Waals surface area contributed by atoms with Crippen molar-refractivity contribution in [2.24, 2.45) is 0 Å². The van der Waals surface area contributed by atoms with Crippen molar-refractivity contribution < 1.29 is 14.3 Å². The number of piperazine rings is 1. The number of aromatic amines is 2. The minimum Gasteiger partial charge on any atom is -0.469 e. The van der Waals surface area contributed by atoms with Gasteiger partial charge in [-0.1, -0.05) is 12.1 Å². The Balaban J connectivity index is 1.16. The number of rotatable bonds is 7. The molecule has 2 aromatic heterocycles. The summed E-state index contributed by atoms with van der Waals surface area (Å²) in [5.41, 5.74) is 4.12. The van der Waals surface area contributed by atoms with E-state index in [0.717, 1.165) is 42.9 Å². The third-order valence-electron chi connectivity index (χ3n) is 6.19. The quantitative estimate of drug-likeness (QED) is 0.353. The maximum Gasteiger partial charge on any atom is 0.306 e. The van der Waals surface area contributed by atoms with Crippen LogP contribution in [0.15, 0.2) is 54.6 Å². The zero-order valence-corrected chi connectivity index (χ0v) is 19.5. The molecule has 1 aliphatic heterocycles. The lowest BCUT2D eigenvalue weighted by atomic mass is 10.1. The van der Waals surface area contributed by atoms with Crippen LogP contribution in [0.5, 0.6) is 0 Å². The second kappa shape index (κ2) is 9.98. The Labute approximate surface area is 202 Å². The molecule has 0 atom stereocenters. The van der Waals surface area contributed by atoms with Gasteiger partial charge in [0, 0.05) is 50.0 Å². The molecule has 180 valence electrons. The zero-order chi connectivity index (χ0) is 24.2. The Kier molecular flexibility index (Phi) is 6.44. The Morgan fingerprint density at radius 3 is 2.57 bits per heavy atom. The van der Waals surface area contributed by atoms with E-state index in [1.165, 1.54) is 7.11 Å². The summed E-state index contributed by atoms with van der Waals surface area (Å²) in [7, 11) is 1.42. The molecule has 0 saturated carbocycles. The normalized spacial score (nSPS) is 14.3. The molecular weight excluding hydrogens is 446 g/mol. The summed E-state index contributed by atoms with van der Waals surface area (Å²) in [5.74, 6) is 0.681. The number of fused-ring (bicyclic) bond motifs is 1. The number of imidazole rings is 1. The molecule has 1 aliphatic rings. The molecular formula is C25H27N7O3. The van der Waals surface area contributed by atoms with Crippen molar-refractivity contribution >= 4 is 34.4 Å². The highest BCUT2D eigenvalue weighted by Gasteiger charge is 2.18. The molecule has 1 fully saturated rings. The van der Waals surface area contributed by atoms with E-state index in [4.69, 9.17) is 4.74 Å². The number of benzene rings is 2. The van der Waals surface area contributed by atoms with Gasteiger partial charge in [0.15, 0.2) is 11.6 Å². The first-order valence-corrected chi connectivity index (χ1v) is 11.5. The number of anilines is 2. The van der Waals surface area contributed by atoms with Gasteiger partial charge < -0.3 is 19.9 Å². The molecule has 3 N–H and O–H groups in total. The first-order valence-electron chi connectivity index (χ1n) is 11.5. The Morgan fingerprint density at radius 2 is 1.83 bits per heavy atom. The summed E-state index contributed by atoms with van der Waals surface area (Å²) >= 11 is 0. The molecule has 4 aromatic rings. The largest absolute Gasteiger partial charge is 0.469 e. The number of esters is 1. The molecule has 5 rings (SSSR count). The highest BCUT2D eigenvalue weighted by atomic mass is 16.5. The van der Waals surface area contributed by atoms with Crippen LogP contribution in [0.3, 0.4) is 0 Å². The number of H-pyrrole nitrogens is 2. The van der Waals surface area contributed by atoms with Crippen LogP contribution in [0.4, 0.5) is 11.5 Å². The van der Waals surface area contributed by atoms with Crippen LogP contribution in [0, 0.1) is 0 Å². The molecule has 2 aromatic carbocycles. The highest BCUT2D eigenvalue weighted by molar-refractivity contribution is 6.04. The fraction of sp³-hybridized carbons (Fsp3) is 0.280. The number of methoxy groups -OCH3 is 1. The molecule has 0 unspecified atom stereocenters. The van der Waals surface area contributed by atoms with Gasteiger partial charge in [0.05, 0.1) is 24.6 Å². The highest BCUT2D eigenvalue weighted by Crippen LogP contribution is 2.22. The van der Waals surface area contributed by atoms with Crippen molar-refractivity contribution in [2.75, 3.05) is 50.1 Å². The molecule has 0 bridgehead atoms. The lowest BCUT2D eigenvalue weighted by Gasteiger charge is -2.36. The number of carbonyl (C=O) groups is 2. The van der Waals surface area contributed by atoms with Crippen LogP contribution in [0.2, 0.25) is 0 Å². The van der Waals surface area contributed by atoms with Crippen LogP contribution >= 0.6 is 0 Å². The third-order valence-corrected chi connectivity index (χ3v) is 6.19. The first kappa shape index (κ1) is 22.6. The zero-order valence-electron chi connectivity index (χ0n) is 19.5. The van der Waals surface area contributed by atoms with Crippen molar-refractivity contribution in [3.8, 4) is 11.5 Å². The summed E-state index contributed by atoms with van der Waals surface area (Å²) in [4.78, 5) is 36.4. The number of nitrogens with zero attached hydrogens (tertiary/aromatic N) is 4. The average Bonchev–Trinajstić information content (AvgIpc) is 3.54. The van der Waals surface area contributed by atoms with E-state index < -0.39 is 0 Å². The van der Waals surface area contributed by atoms with E-state index in [2.05, 4.69) is 35.3 Å². The molecule has 0 spiro atoms. The molecule has 3 heterocycles. The Bertz CT molecular complexity index is 1290. The van der Waals surface area contributed by atoms with E-state index in [1.807, 2.05) is 48.5 Å². The van der Waals surface area contributed by atoms with Crippen LogP contribution in [0.1, 0.15) is 16.8 Å². The van der Waals surface area contributed by atoms with Crippen molar-refractivity contribution in [3.63, 3.8) is 0 Å². The number of carbonyl (C=O) groups excluding carboxylic acids is 2. The number of amides is 1. The summed E-state index contributed by atoms with van der Waals surface area (Å²) in [6.07, 6.45) is 0.413. The minimum atomic E-state index is -0.230. The first-order chi connectivity index (χ1) is 17.1. The molecule has 0 aliphatic carbocycles. The Hall–Kier alpha value is -4.18. The number of ether oxygens (including phenoxy) is 1.